The van der Waals surface area contributed by atoms with Gasteiger partial charge in [-0.05, 0) is 19.3 Å². The molecule has 0 aliphatic carbocycles. The second-order valence-corrected chi connectivity index (χ2v) is 4.32. The molecule has 0 aliphatic rings. The Hall–Kier alpha value is -0.900. The van der Waals surface area contributed by atoms with Gasteiger partial charge < -0.3 is 9.52 Å². The molecular weight excluding hydrogens is 192 g/mol. The van der Waals surface area contributed by atoms with Crippen molar-refractivity contribution < 1.29 is 9.52 Å². The Morgan fingerprint density at radius 3 is 2.60 bits per heavy atom. The molecule has 4 nitrogen and oxygen atoms in total. The highest BCUT2D eigenvalue weighted by Gasteiger charge is 2.35. The molecule has 0 amide bonds. The van der Waals surface area contributed by atoms with Crippen molar-refractivity contribution in [3.8, 4) is 0 Å². The maximum atomic E-state index is 10.3. The zero-order valence-electron chi connectivity index (χ0n) is 9.95. The van der Waals surface area contributed by atoms with Crippen LogP contribution in [0, 0.1) is 12.8 Å². The van der Waals surface area contributed by atoms with Gasteiger partial charge in [-0.15, -0.1) is 10.2 Å². The number of unbranched alkanes of at least 4 members (excludes halogenated alkanes) is 1. The summed E-state index contributed by atoms with van der Waals surface area (Å²) in [5, 5.41) is 17.9. The number of aliphatic hydroxyl groups is 1. The monoisotopic (exact) mass is 212 g/mol. The number of hydrogen-bond acceptors (Lipinski definition) is 4. The van der Waals surface area contributed by atoms with Gasteiger partial charge in [-0.25, -0.2) is 0 Å². The quantitative estimate of drug-likeness (QED) is 0.814. The molecule has 0 fully saturated rings. The van der Waals surface area contributed by atoms with Crippen LogP contribution in [0.15, 0.2) is 4.42 Å². The Morgan fingerprint density at radius 2 is 2.13 bits per heavy atom. The second kappa shape index (κ2) is 4.75. The van der Waals surface area contributed by atoms with Gasteiger partial charge in [0, 0.05) is 6.92 Å². The average molecular weight is 212 g/mol. The van der Waals surface area contributed by atoms with E-state index >= 15 is 0 Å². The zero-order valence-corrected chi connectivity index (χ0v) is 9.95. The molecule has 1 unspecified atom stereocenters. The van der Waals surface area contributed by atoms with Crippen molar-refractivity contribution in [3.63, 3.8) is 0 Å². The van der Waals surface area contributed by atoms with E-state index in [0.717, 1.165) is 19.3 Å². The van der Waals surface area contributed by atoms with E-state index in [2.05, 4.69) is 17.1 Å². The van der Waals surface area contributed by atoms with Crippen molar-refractivity contribution in [2.45, 2.75) is 52.6 Å². The van der Waals surface area contributed by atoms with Crippen molar-refractivity contribution in [1.29, 1.82) is 0 Å². The van der Waals surface area contributed by atoms with Gasteiger partial charge in [0.15, 0.2) is 0 Å². The molecule has 1 N–H and O–H groups in total. The lowest BCUT2D eigenvalue weighted by Gasteiger charge is -2.26. The van der Waals surface area contributed by atoms with Gasteiger partial charge >= 0.3 is 0 Å². The fourth-order valence-corrected chi connectivity index (χ4v) is 1.50. The Bertz CT molecular complexity index is 307. The molecule has 4 heteroatoms. The molecule has 1 aromatic rings. The van der Waals surface area contributed by atoms with Crippen LogP contribution in [0.25, 0.3) is 0 Å². The van der Waals surface area contributed by atoms with E-state index in [1.165, 1.54) is 0 Å². The minimum absolute atomic E-state index is 0.122. The molecule has 0 bridgehead atoms. The maximum Gasteiger partial charge on any atom is 0.247 e. The summed E-state index contributed by atoms with van der Waals surface area (Å²) in [6.07, 6.45) is 3.19. The predicted octanol–water partition coefficient (Wildman–Crippen LogP) is 2.41. The summed E-state index contributed by atoms with van der Waals surface area (Å²) in [5.74, 6) is 0.939. The van der Waals surface area contributed by atoms with Crippen LogP contribution < -0.4 is 0 Å². The molecule has 2 atom stereocenters. The molecular formula is C11H20N2O2. The van der Waals surface area contributed by atoms with Crippen LogP contribution in [0.2, 0.25) is 0 Å². The lowest BCUT2D eigenvalue weighted by atomic mass is 9.86. The third-order valence-corrected chi connectivity index (χ3v) is 2.91. The normalized spacial score (nSPS) is 17.4. The minimum atomic E-state index is -1.02. The van der Waals surface area contributed by atoms with Gasteiger partial charge in [-0.3, -0.25) is 0 Å². The van der Waals surface area contributed by atoms with Crippen LogP contribution in [0.1, 0.15) is 51.8 Å². The summed E-state index contributed by atoms with van der Waals surface area (Å²) in [6, 6.07) is 0. The first-order valence-electron chi connectivity index (χ1n) is 5.51. The lowest BCUT2D eigenvalue weighted by molar-refractivity contribution is -0.0273. The van der Waals surface area contributed by atoms with Gasteiger partial charge in [0.25, 0.3) is 0 Å². The standard InChI is InChI=1S/C11H20N2O2/c1-5-6-7-8(2)11(4,14)10-13-12-9(3)15-10/h8,14H,5-7H2,1-4H3/t8?,11-/m1/s1. The number of aryl methyl sites for hydroxylation is 1. The van der Waals surface area contributed by atoms with Gasteiger partial charge in [0.2, 0.25) is 11.8 Å². The fourth-order valence-electron chi connectivity index (χ4n) is 1.50. The number of rotatable bonds is 5. The van der Waals surface area contributed by atoms with Crippen LogP contribution in [0.4, 0.5) is 0 Å². The molecule has 15 heavy (non-hydrogen) atoms. The summed E-state index contributed by atoms with van der Waals surface area (Å²) in [7, 11) is 0. The smallest absolute Gasteiger partial charge is 0.247 e. The van der Waals surface area contributed by atoms with Crippen molar-refractivity contribution in [2.24, 2.45) is 5.92 Å². The Balaban J connectivity index is 2.72. The van der Waals surface area contributed by atoms with Crippen LogP contribution in [-0.2, 0) is 5.60 Å². The van der Waals surface area contributed by atoms with Crippen LogP contribution in [0.3, 0.4) is 0 Å². The van der Waals surface area contributed by atoms with E-state index < -0.39 is 5.60 Å². The lowest BCUT2D eigenvalue weighted by Crippen LogP contribution is -2.30. The Morgan fingerprint density at radius 1 is 1.47 bits per heavy atom. The summed E-state index contributed by atoms with van der Waals surface area (Å²) in [4.78, 5) is 0. The van der Waals surface area contributed by atoms with Crippen LogP contribution in [0.5, 0.6) is 0 Å². The molecule has 0 saturated carbocycles. The third kappa shape index (κ3) is 2.78. The topological polar surface area (TPSA) is 59.2 Å². The zero-order chi connectivity index (χ0) is 11.5. The first-order chi connectivity index (χ1) is 6.98. The van der Waals surface area contributed by atoms with Crippen LogP contribution >= 0.6 is 0 Å². The first kappa shape index (κ1) is 12.2. The molecule has 1 aromatic heterocycles. The van der Waals surface area contributed by atoms with E-state index in [0.29, 0.717) is 11.8 Å². The van der Waals surface area contributed by atoms with Crippen molar-refractivity contribution >= 4 is 0 Å². The second-order valence-electron chi connectivity index (χ2n) is 4.32. The molecule has 0 radical (unpaired) electrons. The largest absolute Gasteiger partial charge is 0.422 e. The van der Waals surface area contributed by atoms with Crippen molar-refractivity contribution in [1.82, 2.24) is 10.2 Å². The number of aromatic nitrogens is 2. The highest BCUT2D eigenvalue weighted by Crippen LogP contribution is 2.31. The molecule has 0 aliphatic heterocycles. The van der Waals surface area contributed by atoms with Gasteiger partial charge in [0.05, 0.1) is 0 Å². The van der Waals surface area contributed by atoms with Crippen molar-refractivity contribution in [3.05, 3.63) is 11.8 Å². The summed E-state index contributed by atoms with van der Waals surface area (Å²) >= 11 is 0. The summed E-state index contributed by atoms with van der Waals surface area (Å²) in [6.45, 7) is 7.61. The molecule has 0 saturated heterocycles. The predicted molar refractivity (Wildman–Crippen MR) is 57.3 cm³/mol. The molecule has 1 rings (SSSR count). The minimum Gasteiger partial charge on any atom is -0.422 e. The molecule has 1 heterocycles. The van der Waals surface area contributed by atoms with Gasteiger partial charge in [-0.2, -0.15) is 0 Å². The van der Waals surface area contributed by atoms with E-state index in [1.54, 1.807) is 13.8 Å². The van der Waals surface area contributed by atoms with Gasteiger partial charge in [0.1, 0.15) is 5.60 Å². The Labute approximate surface area is 90.7 Å². The fraction of sp³-hybridized carbons (Fsp3) is 0.818. The van der Waals surface area contributed by atoms with E-state index in [1.807, 2.05) is 6.92 Å². The van der Waals surface area contributed by atoms with E-state index in [-0.39, 0.29) is 5.92 Å². The number of nitrogens with zero attached hydrogens (tertiary/aromatic N) is 2. The molecule has 0 spiro atoms. The SMILES string of the molecule is CCCCC(C)[C@@](C)(O)c1nnc(C)o1. The van der Waals surface area contributed by atoms with Crippen molar-refractivity contribution in [2.75, 3.05) is 0 Å². The van der Waals surface area contributed by atoms with Gasteiger partial charge in [-0.1, -0.05) is 26.7 Å². The third-order valence-electron chi connectivity index (χ3n) is 2.91. The first-order valence-corrected chi connectivity index (χ1v) is 5.51. The molecule has 0 aromatic carbocycles. The maximum absolute atomic E-state index is 10.3. The van der Waals surface area contributed by atoms with Crippen LogP contribution in [-0.4, -0.2) is 15.3 Å². The highest BCUT2D eigenvalue weighted by atomic mass is 16.4. The number of hydrogen-bond donors (Lipinski definition) is 1. The molecule has 86 valence electrons. The summed E-state index contributed by atoms with van der Waals surface area (Å²) in [5.41, 5.74) is -1.02. The van der Waals surface area contributed by atoms with E-state index in [4.69, 9.17) is 4.42 Å². The highest BCUT2D eigenvalue weighted by molar-refractivity contribution is 4.96. The average Bonchev–Trinajstić information content (AvgIpc) is 2.61. The Kier molecular flexibility index (Phi) is 3.85. The van der Waals surface area contributed by atoms with E-state index in [9.17, 15) is 5.11 Å². The summed E-state index contributed by atoms with van der Waals surface area (Å²) < 4.78 is 5.28.